The molecular formula is C18H16F3N5O2S. The van der Waals surface area contributed by atoms with E-state index in [-0.39, 0.29) is 11.4 Å². The number of ether oxygens (including phenoxy) is 1. The maximum absolute atomic E-state index is 12.6. The lowest BCUT2D eigenvalue weighted by molar-refractivity contribution is -0.137. The Morgan fingerprint density at radius 3 is 2.38 bits per heavy atom. The van der Waals surface area contributed by atoms with E-state index in [1.807, 2.05) is 0 Å². The number of hydrogen-bond donors (Lipinski definition) is 2. The number of rotatable bonds is 6. The second-order valence-electron chi connectivity index (χ2n) is 5.82. The minimum atomic E-state index is -4.43. The molecule has 0 aliphatic rings. The molecule has 0 radical (unpaired) electrons. The van der Waals surface area contributed by atoms with Gasteiger partial charge in [0.1, 0.15) is 5.75 Å². The van der Waals surface area contributed by atoms with Crippen LogP contribution in [-0.2, 0) is 11.0 Å². The molecule has 2 aromatic carbocycles. The topological polar surface area (TPSA) is 95.1 Å². The molecule has 0 spiro atoms. The number of carbonyl (C=O) groups is 1. The minimum Gasteiger partial charge on any atom is -0.497 e. The predicted octanol–water partition coefficient (Wildman–Crippen LogP) is 3.42. The zero-order valence-corrected chi connectivity index (χ0v) is 15.9. The highest BCUT2D eigenvalue weighted by Gasteiger charge is 2.30. The van der Waals surface area contributed by atoms with Gasteiger partial charge in [-0.2, -0.15) is 13.2 Å². The number of aromatic nitrogens is 3. The molecule has 1 aromatic heterocycles. The normalized spacial score (nSPS) is 11.3. The Kier molecular flexibility index (Phi) is 5.97. The van der Waals surface area contributed by atoms with Crippen LogP contribution in [0.25, 0.3) is 11.4 Å². The molecule has 0 aliphatic heterocycles. The molecule has 152 valence electrons. The van der Waals surface area contributed by atoms with Crippen LogP contribution in [0.2, 0.25) is 0 Å². The van der Waals surface area contributed by atoms with Crippen molar-refractivity contribution in [2.24, 2.45) is 0 Å². The summed E-state index contributed by atoms with van der Waals surface area (Å²) in [4.78, 5) is 12.1. The number of nitrogen functional groups attached to an aromatic ring is 1. The van der Waals surface area contributed by atoms with Crippen LogP contribution in [0.3, 0.4) is 0 Å². The van der Waals surface area contributed by atoms with Gasteiger partial charge in [0.2, 0.25) is 11.1 Å². The van der Waals surface area contributed by atoms with Gasteiger partial charge in [-0.05, 0) is 48.5 Å². The van der Waals surface area contributed by atoms with Crippen molar-refractivity contribution in [2.45, 2.75) is 11.3 Å². The van der Waals surface area contributed by atoms with Crippen molar-refractivity contribution in [3.05, 3.63) is 54.1 Å². The number of anilines is 1. The van der Waals surface area contributed by atoms with E-state index in [4.69, 9.17) is 10.6 Å². The minimum absolute atomic E-state index is 0.0427. The number of nitrogens with one attached hydrogen (secondary N) is 1. The Labute approximate surface area is 168 Å². The highest BCUT2D eigenvalue weighted by molar-refractivity contribution is 7.99. The molecule has 0 atom stereocenters. The average molecular weight is 423 g/mol. The lowest BCUT2D eigenvalue weighted by Crippen LogP contribution is -2.16. The van der Waals surface area contributed by atoms with Gasteiger partial charge in [0.05, 0.1) is 18.4 Å². The van der Waals surface area contributed by atoms with Gasteiger partial charge >= 0.3 is 6.18 Å². The number of carbonyl (C=O) groups excluding carboxylic acids is 1. The summed E-state index contributed by atoms with van der Waals surface area (Å²) in [7, 11) is 1.56. The molecule has 1 heterocycles. The molecule has 0 aliphatic carbocycles. The maximum Gasteiger partial charge on any atom is 0.416 e. The summed E-state index contributed by atoms with van der Waals surface area (Å²) >= 11 is 1.05. The molecule has 11 heteroatoms. The van der Waals surface area contributed by atoms with Crippen molar-refractivity contribution in [3.63, 3.8) is 0 Å². The number of benzene rings is 2. The van der Waals surface area contributed by atoms with E-state index in [2.05, 4.69) is 15.5 Å². The quantitative estimate of drug-likeness (QED) is 0.466. The van der Waals surface area contributed by atoms with E-state index < -0.39 is 17.6 Å². The van der Waals surface area contributed by atoms with E-state index in [1.165, 1.54) is 16.8 Å². The van der Waals surface area contributed by atoms with Crippen LogP contribution in [0, 0.1) is 0 Å². The fraction of sp³-hybridized carbons (Fsp3) is 0.167. The molecule has 3 rings (SSSR count). The molecule has 29 heavy (non-hydrogen) atoms. The molecule has 3 aromatic rings. The molecule has 1 amide bonds. The number of amides is 1. The van der Waals surface area contributed by atoms with Crippen molar-refractivity contribution >= 4 is 23.4 Å². The van der Waals surface area contributed by atoms with Crippen LogP contribution >= 0.6 is 11.8 Å². The Balaban J connectivity index is 1.60. The Morgan fingerprint density at radius 2 is 1.79 bits per heavy atom. The summed E-state index contributed by atoms with van der Waals surface area (Å²) in [6.07, 6.45) is -4.43. The van der Waals surface area contributed by atoms with Crippen molar-refractivity contribution in [1.82, 2.24) is 14.9 Å². The first-order valence-corrected chi connectivity index (χ1v) is 9.21. The van der Waals surface area contributed by atoms with E-state index in [1.54, 1.807) is 31.4 Å². The van der Waals surface area contributed by atoms with Gasteiger partial charge in [-0.25, -0.2) is 4.68 Å². The number of halogens is 3. The third kappa shape index (κ3) is 4.99. The van der Waals surface area contributed by atoms with E-state index in [9.17, 15) is 18.0 Å². The van der Waals surface area contributed by atoms with E-state index in [0.717, 1.165) is 29.5 Å². The van der Waals surface area contributed by atoms with Crippen LogP contribution in [-0.4, -0.2) is 33.6 Å². The fourth-order valence-corrected chi connectivity index (χ4v) is 3.04. The molecular weight excluding hydrogens is 407 g/mol. The first-order chi connectivity index (χ1) is 13.8. The highest BCUT2D eigenvalue weighted by Crippen LogP contribution is 2.30. The summed E-state index contributed by atoms with van der Waals surface area (Å²) in [5, 5.41) is 10.8. The van der Waals surface area contributed by atoms with Gasteiger partial charge in [-0.3, -0.25) is 4.79 Å². The van der Waals surface area contributed by atoms with Gasteiger partial charge in [0, 0.05) is 11.3 Å². The summed E-state index contributed by atoms with van der Waals surface area (Å²) in [5.74, 6) is 6.65. The van der Waals surface area contributed by atoms with Crippen LogP contribution in [0.15, 0.2) is 53.7 Å². The lowest BCUT2D eigenvalue weighted by Gasteiger charge is -2.08. The molecule has 7 nitrogen and oxygen atoms in total. The van der Waals surface area contributed by atoms with Crippen LogP contribution in [0.1, 0.15) is 5.56 Å². The smallest absolute Gasteiger partial charge is 0.416 e. The second kappa shape index (κ2) is 8.43. The molecule has 3 N–H and O–H groups in total. The second-order valence-corrected chi connectivity index (χ2v) is 6.76. The van der Waals surface area contributed by atoms with Gasteiger partial charge in [-0.15, -0.1) is 10.2 Å². The zero-order valence-electron chi connectivity index (χ0n) is 15.1. The van der Waals surface area contributed by atoms with Crippen molar-refractivity contribution < 1.29 is 22.7 Å². The zero-order chi connectivity index (χ0) is 21.0. The van der Waals surface area contributed by atoms with E-state index >= 15 is 0 Å². The van der Waals surface area contributed by atoms with Gasteiger partial charge < -0.3 is 15.9 Å². The van der Waals surface area contributed by atoms with Gasteiger partial charge in [0.25, 0.3) is 0 Å². The SMILES string of the molecule is COc1ccc(-c2nnc(SCC(=O)Nc3ccc(C(F)(F)F)cc3)n2N)cc1. The van der Waals surface area contributed by atoms with Crippen molar-refractivity contribution in [2.75, 3.05) is 24.0 Å². The van der Waals surface area contributed by atoms with Crippen molar-refractivity contribution in [1.29, 1.82) is 0 Å². The standard InChI is InChI=1S/C18H16F3N5O2S/c1-28-14-8-2-11(3-9-14)16-24-25-17(26(16)22)29-10-15(27)23-13-6-4-12(5-7-13)18(19,20)21/h2-9H,10,22H2,1H3,(H,23,27). The van der Waals surface area contributed by atoms with Crippen LogP contribution in [0.5, 0.6) is 5.75 Å². The molecule has 0 unspecified atom stereocenters. The lowest BCUT2D eigenvalue weighted by atomic mass is 10.2. The Bertz CT molecular complexity index is 988. The first kappa shape index (κ1) is 20.5. The Morgan fingerprint density at radius 1 is 1.14 bits per heavy atom. The van der Waals surface area contributed by atoms with Crippen molar-refractivity contribution in [3.8, 4) is 17.1 Å². The highest BCUT2D eigenvalue weighted by atomic mass is 32.2. The average Bonchev–Trinajstić information content (AvgIpc) is 3.06. The maximum atomic E-state index is 12.6. The summed E-state index contributed by atoms with van der Waals surface area (Å²) in [5.41, 5.74) is 0.200. The van der Waals surface area contributed by atoms with E-state index in [0.29, 0.717) is 16.7 Å². The summed E-state index contributed by atoms with van der Waals surface area (Å²) in [6, 6.07) is 11.3. The summed E-state index contributed by atoms with van der Waals surface area (Å²) in [6.45, 7) is 0. The molecule has 0 saturated carbocycles. The summed E-state index contributed by atoms with van der Waals surface area (Å²) < 4.78 is 44.1. The van der Waals surface area contributed by atoms with Gasteiger partial charge in [-0.1, -0.05) is 11.8 Å². The number of nitrogens with two attached hydrogens (primary N) is 1. The van der Waals surface area contributed by atoms with Crippen LogP contribution in [0.4, 0.5) is 18.9 Å². The monoisotopic (exact) mass is 423 g/mol. The largest absolute Gasteiger partial charge is 0.497 e. The predicted molar refractivity (Wildman–Crippen MR) is 103 cm³/mol. The number of methoxy groups -OCH3 is 1. The Hall–Kier alpha value is -3.21. The van der Waals surface area contributed by atoms with Crippen LogP contribution < -0.4 is 15.9 Å². The number of alkyl halides is 3. The molecule has 0 bridgehead atoms. The third-order valence-corrected chi connectivity index (χ3v) is 4.78. The number of nitrogens with zero attached hydrogens (tertiary/aromatic N) is 3. The number of hydrogen-bond acceptors (Lipinski definition) is 6. The molecule has 0 saturated heterocycles. The number of thioether (sulfide) groups is 1. The third-order valence-electron chi connectivity index (χ3n) is 3.84. The first-order valence-electron chi connectivity index (χ1n) is 8.23. The molecule has 0 fully saturated rings. The van der Waals surface area contributed by atoms with Gasteiger partial charge in [0.15, 0.2) is 5.82 Å². The fourth-order valence-electron chi connectivity index (χ4n) is 2.38.